The molecule has 6 heteroatoms. The number of hydrogen-bond acceptors (Lipinski definition) is 6. The summed E-state index contributed by atoms with van der Waals surface area (Å²) in [6.45, 7) is 5.82. The minimum Gasteiger partial charge on any atom is -0.339 e. The molecule has 0 aliphatic rings. The average Bonchev–Trinajstić information content (AvgIpc) is 2.62. The van der Waals surface area contributed by atoms with E-state index in [1.165, 1.54) is 5.56 Å². The lowest BCUT2D eigenvalue weighted by molar-refractivity contribution is 0.101. The lowest BCUT2D eigenvalue weighted by Crippen LogP contribution is -2.04. The van der Waals surface area contributed by atoms with Gasteiger partial charge in [-0.3, -0.25) is 4.79 Å². The van der Waals surface area contributed by atoms with Crippen molar-refractivity contribution in [3.63, 3.8) is 0 Å². The molecule has 3 rings (SSSR count). The highest BCUT2D eigenvalue weighted by Gasteiger charge is 2.08. The molecule has 0 spiro atoms. The smallest absolute Gasteiger partial charge is 0.249 e. The molecular weight excluding hydrogens is 326 g/mol. The fraction of sp³-hybridized carbons (Fsp3) is 0.200. The first kappa shape index (κ1) is 17.5. The quantitative estimate of drug-likeness (QED) is 0.630. The Labute approximate surface area is 152 Å². The molecule has 0 aliphatic carbocycles. The summed E-state index contributed by atoms with van der Waals surface area (Å²) < 4.78 is 0. The van der Waals surface area contributed by atoms with E-state index < -0.39 is 0 Å². The molecule has 26 heavy (non-hydrogen) atoms. The molecule has 0 amide bonds. The summed E-state index contributed by atoms with van der Waals surface area (Å²) in [6, 6.07) is 15.3. The molecule has 0 saturated carbocycles. The van der Waals surface area contributed by atoms with Crippen LogP contribution < -0.4 is 10.6 Å². The van der Waals surface area contributed by atoms with Crippen molar-refractivity contribution in [2.24, 2.45) is 0 Å². The molecule has 0 aliphatic heterocycles. The number of hydrogen-bond donors (Lipinski definition) is 2. The standard InChI is InChI=1S/C20H21N5O/c1-13(2)17-9-4-5-10-18(17)23-20-24-19(12-21-25-20)22-16-8-6-7-15(11-16)14(3)26/h4-13H,1-3H3,(H2,22,23,24,25). The van der Waals surface area contributed by atoms with Gasteiger partial charge >= 0.3 is 0 Å². The molecule has 3 aromatic rings. The van der Waals surface area contributed by atoms with Crippen LogP contribution in [0.2, 0.25) is 0 Å². The van der Waals surface area contributed by atoms with Crippen LogP contribution in [-0.2, 0) is 0 Å². The van der Waals surface area contributed by atoms with E-state index in [2.05, 4.69) is 45.7 Å². The van der Waals surface area contributed by atoms with Crippen molar-refractivity contribution in [3.05, 3.63) is 65.9 Å². The van der Waals surface area contributed by atoms with Gasteiger partial charge < -0.3 is 10.6 Å². The van der Waals surface area contributed by atoms with Crippen LogP contribution >= 0.6 is 0 Å². The van der Waals surface area contributed by atoms with E-state index >= 15 is 0 Å². The van der Waals surface area contributed by atoms with E-state index in [0.29, 0.717) is 23.2 Å². The minimum absolute atomic E-state index is 0.0158. The number of carbonyl (C=O) groups excluding carboxylic acids is 1. The Morgan fingerprint density at radius 3 is 2.62 bits per heavy atom. The van der Waals surface area contributed by atoms with Gasteiger partial charge in [-0.1, -0.05) is 44.2 Å². The number of para-hydroxylation sites is 1. The fourth-order valence-corrected chi connectivity index (χ4v) is 2.62. The van der Waals surface area contributed by atoms with Crippen LogP contribution in [0.3, 0.4) is 0 Å². The number of benzene rings is 2. The third-order valence-electron chi connectivity index (χ3n) is 3.93. The third-order valence-corrected chi connectivity index (χ3v) is 3.93. The number of carbonyl (C=O) groups is 1. The number of aromatic nitrogens is 3. The Morgan fingerprint density at radius 2 is 1.85 bits per heavy atom. The van der Waals surface area contributed by atoms with Crippen LogP contribution in [0.25, 0.3) is 0 Å². The number of Topliss-reactive ketones (excluding diaryl/α,β-unsaturated/α-hetero) is 1. The SMILES string of the molecule is CC(=O)c1cccc(Nc2cnnc(Nc3ccccc3C(C)C)n2)c1. The molecule has 1 heterocycles. The maximum atomic E-state index is 11.5. The number of rotatable bonds is 6. The molecule has 132 valence electrons. The van der Waals surface area contributed by atoms with Crippen molar-refractivity contribution < 1.29 is 4.79 Å². The van der Waals surface area contributed by atoms with Gasteiger partial charge in [0.05, 0.1) is 6.20 Å². The maximum absolute atomic E-state index is 11.5. The molecule has 0 atom stereocenters. The van der Waals surface area contributed by atoms with Crippen molar-refractivity contribution in [3.8, 4) is 0 Å². The van der Waals surface area contributed by atoms with Gasteiger partial charge in [-0.25, -0.2) is 0 Å². The van der Waals surface area contributed by atoms with Gasteiger partial charge in [0.15, 0.2) is 11.6 Å². The number of ketones is 1. The molecule has 0 bridgehead atoms. The highest BCUT2D eigenvalue weighted by Crippen LogP contribution is 2.26. The predicted molar refractivity (Wildman–Crippen MR) is 103 cm³/mol. The van der Waals surface area contributed by atoms with E-state index in [0.717, 1.165) is 11.4 Å². The predicted octanol–water partition coefficient (Wildman–Crippen LogP) is 4.68. The second-order valence-corrected chi connectivity index (χ2v) is 6.29. The molecule has 2 N–H and O–H groups in total. The zero-order valence-electron chi connectivity index (χ0n) is 15.0. The molecular formula is C20H21N5O. The molecule has 1 aromatic heterocycles. The zero-order chi connectivity index (χ0) is 18.5. The van der Waals surface area contributed by atoms with Crippen molar-refractivity contribution in [2.45, 2.75) is 26.7 Å². The van der Waals surface area contributed by atoms with Crippen molar-refractivity contribution in [1.29, 1.82) is 0 Å². The first-order chi connectivity index (χ1) is 12.5. The summed E-state index contributed by atoms with van der Waals surface area (Å²) in [5, 5.41) is 14.4. The first-order valence-electron chi connectivity index (χ1n) is 8.46. The Morgan fingerprint density at radius 1 is 1.04 bits per heavy atom. The van der Waals surface area contributed by atoms with Crippen LogP contribution in [0.15, 0.2) is 54.7 Å². The van der Waals surface area contributed by atoms with E-state index in [9.17, 15) is 4.79 Å². The Hall–Kier alpha value is -3.28. The average molecular weight is 347 g/mol. The molecule has 0 saturated heterocycles. The first-order valence-corrected chi connectivity index (χ1v) is 8.46. The summed E-state index contributed by atoms with van der Waals surface area (Å²) in [5.74, 6) is 1.35. The van der Waals surface area contributed by atoms with Gasteiger partial charge in [0.25, 0.3) is 0 Å². The largest absolute Gasteiger partial charge is 0.339 e. The van der Waals surface area contributed by atoms with Crippen LogP contribution in [-0.4, -0.2) is 21.0 Å². The van der Waals surface area contributed by atoms with Crippen molar-refractivity contribution >= 4 is 28.9 Å². The number of nitrogens with one attached hydrogen (secondary N) is 2. The Kier molecular flexibility index (Phi) is 5.22. The van der Waals surface area contributed by atoms with E-state index in [4.69, 9.17) is 0 Å². The second-order valence-electron chi connectivity index (χ2n) is 6.29. The van der Waals surface area contributed by atoms with Crippen molar-refractivity contribution in [2.75, 3.05) is 10.6 Å². The Bertz CT molecular complexity index is 923. The third kappa shape index (κ3) is 4.22. The number of anilines is 4. The molecule has 0 unspecified atom stereocenters. The van der Waals surface area contributed by atoms with Gasteiger partial charge in [-0.05, 0) is 36.6 Å². The van der Waals surface area contributed by atoms with Gasteiger partial charge in [0.1, 0.15) is 0 Å². The van der Waals surface area contributed by atoms with E-state index in [1.807, 2.05) is 30.3 Å². The summed E-state index contributed by atoms with van der Waals surface area (Å²) in [7, 11) is 0. The summed E-state index contributed by atoms with van der Waals surface area (Å²) in [5.41, 5.74) is 3.55. The van der Waals surface area contributed by atoms with Crippen LogP contribution in [0.1, 0.15) is 42.6 Å². The van der Waals surface area contributed by atoms with Crippen LogP contribution in [0.4, 0.5) is 23.1 Å². The second kappa shape index (κ2) is 7.74. The number of nitrogens with zero attached hydrogens (tertiary/aromatic N) is 3. The topological polar surface area (TPSA) is 79.8 Å². The highest BCUT2D eigenvalue weighted by atomic mass is 16.1. The zero-order valence-corrected chi connectivity index (χ0v) is 15.0. The van der Waals surface area contributed by atoms with E-state index in [1.54, 1.807) is 25.3 Å². The molecule has 2 aromatic carbocycles. The van der Waals surface area contributed by atoms with Gasteiger partial charge in [-0.15, -0.1) is 5.10 Å². The fourth-order valence-electron chi connectivity index (χ4n) is 2.62. The highest BCUT2D eigenvalue weighted by molar-refractivity contribution is 5.95. The summed E-state index contributed by atoms with van der Waals surface area (Å²) >= 11 is 0. The molecule has 6 nitrogen and oxygen atoms in total. The van der Waals surface area contributed by atoms with Crippen LogP contribution in [0, 0.1) is 0 Å². The Balaban J connectivity index is 1.81. The molecule has 0 radical (unpaired) electrons. The maximum Gasteiger partial charge on any atom is 0.249 e. The van der Waals surface area contributed by atoms with E-state index in [-0.39, 0.29) is 5.78 Å². The van der Waals surface area contributed by atoms with Crippen molar-refractivity contribution in [1.82, 2.24) is 15.2 Å². The normalized spacial score (nSPS) is 10.6. The lowest BCUT2D eigenvalue weighted by Gasteiger charge is -2.13. The van der Waals surface area contributed by atoms with Crippen LogP contribution in [0.5, 0.6) is 0 Å². The minimum atomic E-state index is 0.0158. The van der Waals surface area contributed by atoms with Gasteiger partial charge in [0, 0.05) is 16.9 Å². The molecule has 0 fully saturated rings. The summed E-state index contributed by atoms with van der Waals surface area (Å²) in [4.78, 5) is 16.0. The lowest BCUT2D eigenvalue weighted by atomic mass is 10.0. The monoisotopic (exact) mass is 347 g/mol. The summed E-state index contributed by atoms with van der Waals surface area (Å²) in [6.07, 6.45) is 1.54. The van der Waals surface area contributed by atoms with Gasteiger partial charge in [0.2, 0.25) is 5.95 Å². The van der Waals surface area contributed by atoms with Gasteiger partial charge in [-0.2, -0.15) is 10.1 Å².